The predicted molar refractivity (Wildman–Crippen MR) is 191 cm³/mol. The quantitative estimate of drug-likeness (QED) is 0.0785. The van der Waals surface area contributed by atoms with Crippen molar-refractivity contribution in [1.82, 2.24) is 15.3 Å². The lowest BCUT2D eigenvalue weighted by molar-refractivity contribution is -0.212. The van der Waals surface area contributed by atoms with Crippen LogP contribution in [0.25, 0.3) is 10.9 Å². The summed E-state index contributed by atoms with van der Waals surface area (Å²) in [6.45, 7) is 7.01. The van der Waals surface area contributed by atoms with Crippen LogP contribution in [0.1, 0.15) is 69.3 Å². The van der Waals surface area contributed by atoms with Gasteiger partial charge in [-0.1, -0.05) is 19.9 Å². The summed E-state index contributed by atoms with van der Waals surface area (Å²) in [5.74, 6) is -5.73. The number of alkyl halides is 3. The van der Waals surface area contributed by atoms with Crippen LogP contribution in [0.15, 0.2) is 47.3 Å². The molecule has 1 atom stereocenters. The number of anilines is 2. The van der Waals surface area contributed by atoms with E-state index in [0.29, 0.717) is 24.5 Å². The molecule has 5 N–H and O–H groups in total. The molecule has 294 valence electrons. The number of fused-ring (bicyclic) bond motifs is 1. The van der Waals surface area contributed by atoms with E-state index in [1.54, 1.807) is 27.7 Å². The molecule has 0 aliphatic carbocycles. The topological polar surface area (TPSA) is 212 Å². The molecule has 54 heavy (non-hydrogen) atoms. The molecule has 0 unspecified atom stereocenters. The number of methoxy groups -OCH3 is 1. The van der Waals surface area contributed by atoms with Crippen LogP contribution in [-0.4, -0.2) is 84.3 Å². The van der Waals surface area contributed by atoms with Gasteiger partial charge >= 0.3 is 18.1 Å². The Morgan fingerprint density at radius 2 is 1.65 bits per heavy atom. The van der Waals surface area contributed by atoms with Crippen LogP contribution in [0.3, 0.4) is 0 Å². The third-order valence-corrected chi connectivity index (χ3v) is 7.93. The summed E-state index contributed by atoms with van der Waals surface area (Å²) < 4.78 is 57.1. The Kier molecular flexibility index (Phi) is 15.4. The van der Waals surface area contributed by atoms with Gasteiger partial charge in [0.2, 0.25) is 11.9 Å². The number of esters is 1. The maximum absolute atomic E-state index is 13.7. The highest BCUT2D eigenvalue weighted by Gasteiger charge is 2.43. The van der Waals surface area contributed by atoms with Crippen LogP contribution >= 0.6 is 0 Å². The van der Waals surface area contributed by atoms with Crippen LogP contribution < -0.4 is 26.8 Å². The predicted octanol–water partition coefficient (Wildman–Crippen LogP) is 3.74. The Labute approximate surface area is 309 Å². The normalized spacial score (nSPS) is 12.3. The van der Waals surface area contributed by atoms with Gasteiger partial charge in [0, 0.05) is 36.6 Å². The number of benzene rings is 2. The summed E-state index contributed by atoms with van der Waals surface area (Å²) in [4.78, 5) is 82.4. The molecule has 0 saturated carbocycles. The van der Waals surface area contributed by atoms with E-state index in [1.165, 1.54) is 30.3 Å². The van der Waals surface area contributed by atoms with E-state index >= 15 is 0 Å². The summed E-state index contributed by atoms with van der Waals surface area (Å²) >= 11 is 0. The van der Waals surface area contributed by atoms with Crippen molar-refractivity contribution in [3.8, 4) is 0 Å². The number of nitrogens with one attached hydrogen (secondary N) is 3. The Hall–Kier alpha value is -5.20. The van der Waals surface area contributed by atoms with Crippen molar-refractivity contribution >= 4 is 52.0 Å². The lowest BCUT2D eigenvalue weighted by Crippen LogP contribution is -2.42. The van der Waals surface area contributed by atoms with Gasteiger partial charge in [0.1, 0.15) is 11.8 Å². The lowest BCUT2D eigenvalue weighted by atomic mass is 10.1. The molecular weight excluding hydrogens is 717 g/mol. The van der Waals surface area contributed by atoms with Gasteiger partial charge in [0.05, 0.1) is 37.8 Å². The maximum atomic E-state index is 13.7. The third kappa shape index (κ3) is 12.7. The van der Waals surface area contributed by atoms with Gasteiger partial charge < -0.3 is 30.2 Å². The first-order valence-electron chi connectivity index (χ1n) is 17.1. The van der Waals surface area contributed by atoms with Crippen LogP contribution in [0.2, 0.25) is 0 Å². The number of hydrogen-bond donors (Lipinski definition) is 4. The summed E-state index contributed by atoms with van der Waals surface area (Å²) in [6.07, 6.45) is -4.88. The van der Waals surface area contributed by atoms with Gasteiger partial charge in [-0.3, -0.25) is 34.3 Å². The zero-order chi connectivity index (χ0) is 40.2. The van der Waals surface area contributed by atoms with Gasteiger partial charge in [0.15, 0.2) is 5.79 Å². The number of hydrogen-bond acceptors (Lipinski definition) is 11. The van der Waals surface area contributed by atoms with E-state index in [0.717, 1.165) is 19.2 Å². The van der Waals surface area contributed by atoms with E-state index in [4.69, 9.17) is 19.9 Å². The van der Waals surface area contributed by atoms with Crippen LogP contribution in [-0.2, 0) is 39.9 Å². The average molecular weight is 763 g/mol. The number of ether oxygens (including phenoxy) is 3. The fourth-order valence-electron chi connectivity index (χ4n) is 5.01. The number of aromatic amines is 1. The molecule has 0 spiro atoms. The number of ketones is 1. The third-order valence-electron chi connectivity index (χ3n) is 7.93. The molecule has 0 radical (unpaired) electrons. The van der Waals surface area contributed by atoms with Crippen molar-refractivity contribution in [3.05, 3.63) is 63.9 Å². The number of nitrogens with zero attached hydrogens (tertiary/aromatic N) is 2. The van der Waals surface area contributed by atoms with Crippen molar-refractivity contribution in [2.75, 3.05) is 37.1 Å². The Morgan fingerprint density at radius 3 is 2.26 bits per heavy atom. The summed E-state index contributed by atoms with van der Waals surface area (Å²) in [7, 11) is 1.11. The number of carbonyl (C=O) groups excluding carboxylic acids is 5. The summed E-state index contributed by atoms with van der Waals surface area (Å²) in [5, 5.41) is 4.96. The van der Waals surface area contributed by atoms with Crippen molar-refractivity contribution in [2.24, 2.45) is 11.7 Å². The molecule has 3 aromatic rings. The van der Waals surface area contributed by atoms with E-state index in [1.807, 2.05) is 0 Å². The summed E-state index contributed by atoms with van der Waals surface area (Å²) in [5.41, 5.74) is 4.79. The second kappa shape index (κ2) is 19.2. The highest BCUT2D eigenvalue weighted by molar-refractivity contribution is 6.00. The van der Waals surface area contributed by atoms with Gasteiger partial charge in [-0.2, -0.15) is 13.2 Å². The number of amides is 3. The molecule has 0 saturated heterocycles. The monoisotopic (exact) mass is 762 g/mol. The van der Waals surface area contributed by atoms with E-state index in [9.17, 15) is 41.9 Å². The SMILES string of the molecule is COC(=O)[C@H](CCC(=O)CCCOC(C)(C)OCCN)NC(=O)c1ccc(N(Cc2ccc3nc(NC(=O)C(C)C)[nH]c(=O)c3c2)C(=O)C(F)(F)F)cc1. The van der Waals surface area contributed by atoms with Gasteiger partial charge in [-0.05, 0) is 68.7 Å². The second-order valence-corrected chi connectivity index (χ2v) is 13.0. The standard InChI is InChI=1S/C36H45F3N6O9/c1-21(2)29(47)43-34-42-27-14-8-22(19-26(27)31(49)44-34)20-45(33(51)36(37,38)39)24-11-9-23(10-12-24)30(48)41-28(32(50)52-5)15-13-25(46)7-6-17-53-35(3,4)54-18-16-40/h8-12,14,19,21,28H,6-7,13,15-18,20,40H2,1-5H3,(H,41,48)(H2,42,43,44,47,49)/t28-/m0/s1. The minimum Gasteiger partial charge on any atom is -0.467 e. The minimum atomic E-state index is -5.27. The largest absolute Gasteiger partial charge is 0.471 e. The van der Waals surface area contributed by atoms with Crippen LogP contribution in [0.4, 0.5) is 24.8 Å². The first-order valence-corrected chi connectivity index (χ1v) is 17.1. The maximum Gasteiger partial charge on any atom is 0.471 e. The number of carbonyl (C=O) groups is 5. The first-order chi connectivity index (χ1) is 25.3. The molecule has 0 aliphatic heterocycles. The molecule has 1 aromatic heterocycles. The number of halogens is 3. The second-order valence-electron chi connectivity index (χ2n) is 13.0. The fourth-order valence-corrected chi connectivity index (χ4v) is 5.01. The molecule has 3 rings (SSSR count). The van der Waals surface area contributed by atoms with E-state index < -0.39 is 59.7 Å². The van der Waals surface area contributed by atoms with Crippen molar-refractivity contribution < 1.29 is 51.4 Å². The van der Waals surface area contributed by atoms with Crippen LogP contribution in [0.5, 0.6) is 0 Å². The zero-order valence-electron chi connectivity index (χ0n) is 30.6. The van der Waals surface area contributed by atoms with E-state index in [-0.39, 0.29) is 65.3 Å². The fraction of sp³-hybridized carbons (Fsp3) is 0.472. The highest BCUT2D eigenvalue weighted by atomic mass is 19.4. The summed E-state index contributed by atoms with van der Waals surface area (Å²) in [6, 6.07) is 7.41. The highest BCUT2D eigenvalue weighted by Crippen LogP contribution is 2.27. The number of Topliss-reactive ketones (excluding diaryl/α,β-unsaturated/α-hetero) is 1. The Bertz CT molecular complexity index is 1860. The Balaban J connectivity index is 1.71. The van der Waals surface area contributed by atoms with Gasteiger partial charge in [0.25, 0.3) is 11.5 Å². The average Bonchev–Trinajstić information content (AvgIpc) is 3.12. The smallest absolute Gasteiger partial charge is 0.467 e. The Morgan fingerprint density at radius 1 is 0.981 bits per heavy atom. The van der Waals surface area contributed by atoms with Crippen molar-refractivity contribution in [2.45, 2.75) is 77.9 Å². The molecule has 15 nitrogen and oxygen atoms in total. The number of nitrogens with two attached hydrogens (primary N) is 1. The molecular formula is C36H45F3N6O9. The van der Waals surface area contributed by atoms with Crippen molar-refractivity contribution in [1.29, 1.82) is 0 Å². The van der Waals surface area contributed by atoms with E-state index in [2.05, 4.69) is 20.6 Å². The zero-order valence-corrected chi connectivity index (χ0v) is 30.6. The molecule has 0 bridgehead atoms. The lowest BCUT2D eigenvalue weighted by Gasteiger charge is -2.25. The first kappa shape index (κ1) is 43.2. The molecule has 2 aromatic carbocycles. The van der Waals surface area contributed by atoms with Gasteiger partial charge in [-0.25, -0.2) is 9.78 Å². The molecule has 3 amide bonds. The minimum absolute atomic E-state index is 0.00514. The molecule has 18 heteroatoms. The molecule has 0 fully saturated rings. The number of aromatic nitrogens is 2. The van der Waals surface area contributed by atoms with Gasteiger partial charge in [-0.15, -0.1) is 0 Å². The van der Waals surface area contributed by atoms with Crippen molar-refractivity contribution in [3.63, 3.8) is 0 Å². The van der Waals surface area contributed by atoms with Crippen LogP contribution in [0, 0.1) is 5.92 Å². The number of rotatable bonds is 19. The molecule has 0 aliphatic rings. The number of H-pyrrole nitrogens is 1. The molecule has 1 heterocycles.